The summed E-state index contributed by atoms with van der Waals surface area (Å²) in [5.41, 5.74) is 0.838. The summed E-state index contributed by atoms with van der Waals surface area (Å²) in [4.78, 5) is 0. The summed E-state index contributed by atoms with van der Waals surface area (Å²) in [5, 5.41) is 30.9. The highest BCUT2D eigenvalue weighted by Crippen LogP contribution is 2.43. The van der Waals surface area contributed by atoms with Gasteiger partial charge in [-0.05, 0) is 85.6 Å². The van der Waals surface area contributed by atoms with Gasteiger partial charge < -0.3 is 0 Å². The van der Waals surface area contributed by atoms with Gasteiger partial charge in [0.1, 0.15) is 12.1 Å². The molecule has 0 N–H and O–H groups in total. The predicted molar refractivity (Wildman–Crippen MR) is 139 cm³/mol. The summed E-state index contributed by atoms with van der Waals surface area (Å²) in [6.45, 7) is 0. The fraction of sp³-hybridized carbons (Fsp3) is 0. The highest BCUT2D eigenvalue weighted by molar-refractivity contribution is 7.25. The van der Waals surface area contributed by atoms with E-state index >= 15 is 0 Å². The number of nitrogens with zero attached hydrogens (tertiary/aromatic N) is 2. The van der Waals surface area contributed by atoms with Crippen LogP contribution in [0.1, 0.15) is 11.1 Å². The minimum Gasteiger partial charge on any atom is -0.192 e. The molecule has 6 aromatic carbocycles. The van der Waals surface area contributed by atoms with Crippen LogP contribution in [0.15, 0.2) is 84.9 Å². The van der Waals surface area contributed by atoms with Gasteiger partial charge in [0.15, 0.2) is 0 Å². The standard InChI is InChI=1S/C30H14N2S/c31-15-19-11-24-22-9-17-5-1-2-6-18(17)10-23(22)26-13-28-21-7-3-4-8-29(21)33-30(28)14-27(26)25(24)12-20(19)16-32/h1-14H. The van der Waals surface area contributed by atoms with Crippen molar-refractivity contribution in [1.82, 2.24) is 0 Å². The number of hydrogen-bond acceptors (Lipinski definition) is 3. The van der Waals surface area contributed by atoms with Gasteiger partial charge in [0.25, 0.3) is 0 Å². The Balaban J connectivity index is 1.80. The Kier molecular flexibility index (Phi) is 3.59. The normalized spacial score (nSPS) is 11.6. The van der Waals surface area contributed by atoms with Crippen LogP contribution in [0.5, 0.6) is 0 Å². The summed E-state index contributed by atoms with van der Waals surface area (Å²) in [5.74, 6) is 0. The maximum Gasteiger partial charge on any atom is 0.101 e. The SMILES string of the molecule is N#Cc1cc2c(cc1C#N)c1cc3sc4ccccc4c3cc1c1cc3ccccc3cc21. The molecule has 0 saturated heterocycles. The van der Waals surface area contributed by atoms with Crippen molar-refractivity contribution in [2.75, 3.05) is 0 Å². The third-order valence-corrected chi connectivity index (χ3v) is 7.81. The number of thiophene rings is 1. The van der Waals surface area contributed by atoms with E-state index in [0.717, 1.165) is 26.9 Å². The summed E-state index contributed by atoms with van der Waals surface area (Å²) < 4.78 is 2.50. The van der Waals surface area contributed by atoms with Gasteiger partial charge in [0.05, 0.1) is 11.1 Å². The molecular formula is C30H14N2S. The van der Waals surface area contributed by atoms with Crippen molar-refractivity contribution < 1.29 is 0 Å². The molecule has 0 aliphatic rings. The molecule has 1 aromatic heterocycles. The molecule has 7 aromatic rings. The van der Waals surface area contributed by atoms with Gasteiger partial charge in [-0.3, -0.25) is 0 Å². The van der Waals surface area contributed by atoms with Crippen LogP contribution in [0.4, 0.5) is 0 Å². The quantitative estimate of drug-likeness (QED) is 0.178. The Morgan fingerprint density at radius 2 is 0.970 bits per heavy atom. The first kappa shape index (κ1) is 18.2. The van der Waals surface area contributed by atoms with E-state index in [1.807, 2.05) is 18.2 Å². The van der Waals surface area contributed by atoms with Crippen molar-refractivity contribution in [2.45, 2.75) is 0 Å². The summed E-state index contributed by atoms with van der Waals surface area (Å²) >= 11 is 1.79. The van der Waals surface area contributed by atoms with Crippen LogP contribution in [0.2, 0.25) is 0 Å². The lowest BCUT2D eigenvalue weighted by atomic mass is 9.89. The molecule has 0 radical (unpaired) electrons. The molecule has 0 aliphatic heterocycles. The predicted octanol–water partition coefficient (Wildman–Crippen LogP) is 8.41. The number of fused-ring (bicyclic) bond motifs is 10. The average Bonchev–Trinajstić information content (AvgIpc) is 3.23. The van der Waals surface area contributed by atoms with E-state index in [0.29, 0.717) is 11.1 Å². The van der Waals surface area contributed by atoms with Gasteiger partial charge in [-0.2, -0.15) is 10.5 Å². The molecule has 3 heteroatoms. The smallest absolute Gasteiger partial charge is 0.101 e. The van der Waals surface area contributed by atoms with Crippen molar-refractivity contribution in [1.29, 1.82) is 10.5 Å². The van der Waals surface area contributed by atoms with Crippen LogP contribution < -0.4 is 0 Å². The lowest BCUT2D eigenvalue weighted by Crippen LogP contribution is -1.89. The molecule has 1 heterocycles. The van der Waals surface area contributed by atoms with Crippen LogP contribution in [0.25, 0.3) is 63.3 Å². The zero-order valence-electron chi connectivity index (χ0n) is 17.4. The van der Waals surface area contributed by atoms with Gasteiger partial charge in [0, 0.05) is 20.2 Å². The fourth-order valence-corrected chi connectivity index (χ4v) is 6.26. The third kappa shape index (κ3) is 2.46. The second-order valence-electron chi connectivity index (χ2n) is 8.40. The first-order valence-corrected chi connectivity index (χ1v) is 11.5. The Morgan fingerprint density at radius 3 is 1.61 bits per heavy atom. The second-order valence-corrected chi connectivity index (χ2v) is 9.49. The number of hydrogen-bond donors (Lipinski definition) is 0. The van der Waals surface area contributed by atoms with Gasteiger partial charge in [-0.25, -0.2) is 0 Å². The Labute approximate surface area is 193 Å². The Bertz CT molecular complexity index is 2050. The lowest BCUT2D eigenvalue weighted by molar-refractivity contribution is 1.45. The van der Waals surface area contributed by atoms with Crippen molar-refractivity contribution >= 4 is 74.6 Å². The molecular weight excluding hydrogens is 420 g/mol. The first-order valence-electron chi connectivity index (χ1n) is 10.7. The minimum atomic E-state index is 0.418. The number of rotatable bonds is 0. The van der Waals surface area contributed by atoms with Crippen LogP contribution in [0, 0.1) is 22.7 Å². The minimum absolute atomic E-state index is 0.418. The molecule has 0 unspecified atom stereocenters. The van der Waals surface area contributed by atoms with E-state index in [4.69, 9.17) is 0 Å². The van der Waals surface area contributed by atoms with Gasteiger partial charge >= 0.3 is 0 Å². The van der Waals surface area contributed by atoms with E-state index < -0.39 is 0 Å². The summed E-state index contributed by atoms with van der Waals surface area (Å²) in [6, 6.07) is 34.2. The van der Waals surface area contributed by atoms with Crippen molar-refractivity contribution in [3.05, 3.63) is 96.1 Å². The molecule has 0 spiro atoms. The molecule has 7 rings (SSSR count). The van der Waals surface area contributed by atoms with Crippen molar-refractivity contribution in [3.63, 3.8) is 0 Å². The maximum atomic E-state index is 9.70. The third-order valence-electron chi connectivity index (χ3n) is 6.67. The van der Waals surface area contributed by atoms with E-state index in [9.17, 15) is 10.5 Å². The van der Waals surface area contributed by atoms with Crippen LogP contribution in [-0.4, -0.2) is 0 Å². The van der Waals surface area contributed by atoms with E-state index in [1.165, 1.54) is 36.3 Å². The number of nitriles is 2. The Hall–Kier alpha value is -4.44. The monoisotopic (exact) mass is 434 g/mol. The number of benzene rings is 6. The largest absolute Gasteiger partial charge is 0.192 e. The van der Waals surface area contributed by atoms with Crippen molar-refractivity contribution in [2.24, 2.45) is 0 Å². The second kappa shape index (κ2) is 6.53. The lowest BCUT2D eigenvalue weighted by Gasteiger charge is -2.13. The Morgan fingerprint density at radius 1 is 0.455 bits per heavy atom. The molecule has 0 atom stereocenters. The molecule has 150 valence electrons. The first-order chi connectivity index (χ1) is 16.2. The van der Waals surface area contributed by atoms with Gasteiger partial charge in [-0.1, -0.05) is 42.5 Å². The van der Waals surface area contributed by atoms with Crippen LogP contribution >= 0.6 is 11.3 Å². The van der Waals surface area contributed by atoms with E-state index in [1.54, 1.807) is 11.3 Å². The zero-order chi connectivity index (χ0) is 22.1. The fourth-order valence-electron chi connectivity index (χ4n) is 5.13. The molecule has 0 bridgehead atoms. The zero-order valence-corrected chi connectivity index (χ0v) is 18.2. The summed E-state index contributed by atoms with van der Waals surface area (Å²) in [7, 11) is 0. The van der Waals surface area contributed by atoms with Gasteiger partial charge in [-0.15, -0.1) is 11.3 Å². The summed E-state index contributed by atoms with van der Waals surface area (Å²) in [6.07, 6.45) is 0. The maximum absolute atomic E-state index is 9.70. The van der Waals surface area contributed by atoms with E-state index in [2.05, 4.69) is 78.9 Å². The van der Waals surface area contributed by atoms with Gasteiger partial charge in [0.2, 0.25) is 0 Å². The molecule has 0 fully saturated rings. The topological polar surface area (TPSA) is 47.6 Å². The highest BCUT2D eigenvalue weighted by Gasteiger charge is 2.15. The highest BCUT2D eigenvalue weighted by atomic mass is 32.1. The molecule has 0 aliphatic carbocycles. The molecule has 0 saturated carbocycles. The molecule has 0 amide bonds. The average molecular weight is 435 g/mol. The van der Waals surface area contributed by atoms with Crippen LogP contribution in [0.3, 0.4) is 0 Å². The molecule has 2 nitrogen and oxygen atoms in total. The van der Waals surface area contributed by atoms with Crippen LogP contribution in [-0.2, 0) is 0 Å². The van der Waals surface area contributed by atoms with E-state index in [-0.39, 0.29) is 0 Å². The molecule has 33 heavy (non-hydrogen) atoms. The van der Waals surface area contributed by atoms with Crippen molar-refractivity contribution in [3.8, 4) is 12.1 Å².